The number of carboxylic acids is 1. The summed E-state index contributed by atoms with van der Waals surface area (Å²) in [7, 11) is 0. The van der Waals surface area contributed by atoms with Gasteiger partial charge in [-0.25, -0.2) is 0 Å². The summed E-state index contributed by atoms with van der Waals surface area (Å²) in [4.78, 5) is 23.7. The lowest BCUT2D eigenvalue weighted by atomic mass is 10.1. The molecule has 0 radical (unpaired) electrons. The van der Waals surface area contributed by atoms with E-state index in [0.29, 0.717) is 38.9 Å². The van der Waals surface area contributed by atoms with E-state index in [9.17, 15) is 9.59 Å². The minimum Gasteiger partial charge on any atom is -0.481 e. The minimum atomic E-state index is -0.806. The minimum absolute atomic E-state index is 0.0270. The molecule has 0 aromatic carbocycles. The fourth-order valence-corrected chi connectivity index (χ4v) is 1.60. The number of carboxylic acid groups (broad SMARTS) is 1. The molecule has 80 valence electrons. The molecule has 1 saturated heterocycles. The topological polar surface area (TPSA) is 83.6 Å². The molecule has 0 aliphatic carbocycles. The van der Waals surface area contributed by atoms with E-state index >= 15 is 0 Å². The maximum absolute atomic E-state index is 11.4. The van der Waals surface area contributed by atoms with Crippen molar-refractivity contribution in [3.8, 4) is 0 Å². The summed E-state index contributed by atoms with van der Waals surface area (Å²) in [6, 6.07) is 0. The van der Waals surface area contributed by atoms with Gasteiger partial charge in [0.15, 0.2) is 0 Å². The first-order valence-corrected chi connectivity index (χ1v) is 4.85. The van der Waals surface area contributed by atoms with Gasteiger partial charge < -0.3 is 15.7 Å². The van der Waals surface area contributed by atoms with Gasteiger partial charge in [0.05, 0.1) is 5.92 Å². The van der Waals surface area contributed by atoms with E-state index in [1.165, 1.54) is 0 Å². The molecule has 1 amide bonds. The van der Waals surface area contributed by atoms with Crippen LogP contribution < -0.4 is 5.73 Å². The number of nitrogens with zero attached hydrogens (tertiary/aromatic N) is 1. The van der Waals surface area contributed by atoms with Crippen LogP contribution in [0.3, 0.4) is 0 Å². The molecule has 0 saturated carbocycles. The summed E-state index contributed by atoms with van der Waals surface area (Å²) in [6.07, 6.45) is 1.68. The van der Waals surface area contributed by atoms with Gasteiger partial charge >= 0.3 is 5.97 Å². The zero-order valence-electron chi connectivity index (χ0n) is 8.11. The maximum Gasteiger partial charge on any atom is 0.308 e. The Hall–Kier alpha value is -1.10. The first-order chi connectivity index (χ1) is 6.65. The number of hydrogen-bond acceptors (Lipinski definition) is 3. The van der Waals surface area contributed by atoms with E-state index in [1.54, 1.807) is 4.90 Å². The quantitative estimate of drug-likeness (QED) is 0.650. The first-order valence-electron chi connectivity index (χ1n) is 4.85. The summed E-state index contributed by atoms with van der Waals surface area (Å²) in [5, 5.41) is 8.73. The molecule has 1 aliphatic heterocycles. The fourth-order valence-electron chi connectivity index (χ4n) is 1.60. The van der Waals surface area contributed by atoms with Gasteiger partial charge in [-0.05, 0) is 19.4 Å². The molecule has 1 heterocycles. The van der Waals surface area contributed by atoms with Gasteiger partial charge in [0.25, 0.3) is 0 Å². The molecule has 1 rings (SSSR count). The van der Waals surface area contributed by atoms with Crippen molar-refractivity contribution in [1.82, 2.24) is 4.90 Å². The summed E-state index contributed by atoms with van der Waals surface area (Å²) in [5.41, 5.74) is 5.29. The molecule has 1 unspecified atom stereocenters. The number of aliphatic carboxylic acids is 1. The zero-order valence-corrected chi connectivity index (χ0v) is 8.11. The van der Waals surface area contributed by atoms with Crippen LogP contribution >= 0.6 is 0 Å². The van der Waals surface area contributed by atoms with Crippen molar-refractivity contribution in [2.24, 2.45) is 11.7 Å². The Balaban J connectivity index is 2.34. The van der Waals surface area contributed by atoms with Gasteiger partial charge in [0.2, 0.25) is 5.91 Å². The third kappa shape index (κ3) is 2.70. The largest absolute Gasteiger partial charge is 0.481 e. The monoisotopic (exact) mass is 200 g/mol. The van der Waals surface area contributed by atoms with E-state index in [0.717, 1.165) is 0 Å². The number of carbonyl (C=O) groups is 2. The lowest BCUT2D eigenvalue weighted by Gasteiger charge is -2.15. The van der Waals surface area contributed by atoms with Crippen LogP contribution in [-0.4, -0.2) is 41.5 Å². The molecule has 0 spiro atoms. The second kappa shape index (κ2) is 4.95. The smallest absolute Gasteiger partial charge is 0.308 e. The van der Waals surface area contributed by atoms with Crippen molar-refractivity contribution in [3.63, 3.8) is 0 Å². The van der Waals surface area contributed by atoms with E-state index in [4.69, 9.17) is 10.8 Å². The average molecular weight is 200 g/mol. The van der Waals surface area contributed by atoms with Crippen molar-refractivity contribution in [1.29, 1.82) is 0 Å². The Morgan fingerprint density at radius 3 is 2.71 bits per heavy atom. The number of carbonyl (C=O) groups excluding carboxylic acids is 1. The van der Waals surface area contributed by atoms with Gasteiger partial charge in [-0.2, -0.15) is 0 Å². The number of rotatable bonds is 4. The summed E-state index contributed by atoms with van der Waals surface area (Å²) < 4.78 is 0. The normalized spacial score (nSPS) is 21.2. The second-order valence-electron chi connectivity index (χ2n) is 3.56. The van der Waals surface area contributed by atoms with Crippen molar-refractivity contribution >= 4 is 11.9 Å². The molecule has 1 aliphatic rings. The molecule has 3 N–H and O–H groups in total. The van der Waals surface area contributed by atoms with Crippen LogP contribution in [0.5, 0.6) is 0 Å². The highest BCUT2D eigenvalue weighted by Gasteiger charge is 2.30. The van der Waals surface area contributed by atoms with Crippen molar-refractivity contribution in [3.05, 3.63) is 0 Å². The third-order valence-corrected chi connectivity index (χ3v) is 2.48. The average Bonchev–Trinajstić information content (AvgIpc) is 2.62. The van der Waals surface area contributed by atoms with E-state index in [-0.39, 0.29) is 11.8 Å². The lowest BCUT2D eigenvalue weighted by molar-refractivity contribution is -0.141. The predicted molar refractivity (Wildman–Crippen MR) is 50.6 cm³/mol. The lowest BCUT2D eigenvalue weighted by Crippen LogP contribution is -2.30. The van der Waals surface area contributed by atoms with E-state index < -0.39 is 5.97 Å². The zero-order chi connectivity index (χ0) is 10.6. The highest BCUT2D eigenvalue weighted by atomic mass is 16.4. The molecule has 0 aromatic rings. The van der Waals surface area contributed by atoms with Gasteiger partial charge in [-0.3, -0.25) is 9.59 Å². The standard InChI is InChI=1S/C9H16N2O3/c10-4-1-2-8(12)11-5-3-7(6-11)9(13)14/h7H,1-6,10H2,(H,13,14). The predicted octanol–water partition coefficient (Wildman–Crippen LogP) is -0.342. The van der Waals surface area contributed by atoms with Crippen LogP contribution in [0.15, 0.2) is 0 Å². The molecule has 14 heavy (non-hydrogen) atoms. The molecule has 1 atom stereocenters. The summed E-state index contributed by atoms with van der Waals surface area (Å²) >= 11 is 0. The van der Waals surface area contributed by atoms with Crippen LogP contribution in [0, 0.1) is 5.92 Å². The highest BCUT2D eigenvalue weighted by Crippen LogP contribution is 2.17. The number of nitrogens with two attached hydrogens (primary N) is 1. The Labute approximate surface area is 82.9 Å². The number of amides is 1. The van der Waals surface area contributed by atoms with Gasteiger partial charge in [-0.15, -0.1) is 0 Å². The molecular weight excluding hydrogens is 184 g/mol. The molecule has 1 fully saturated rings. The summed E-state index contributed by atoms with van der Waals surface area (Å²) in [6.45, 7) is 1.43. The van der Waals surface area contributed by atoms with Gasteiger partial charge in [0, 0.05) is 19.5 Å². The molecule has 0 bridgehead atoms. The molecule has 0 aromatic heterocycles. The SMILES string of the molecule is NCCCC(=O)N1CCC(C(=O)O)C1. The highest BCUT2D eigenvalue weighted by molar-refractivity contribution is 5.78. The maximum atomic E-state index is 11.4. The Bertz CT molecular complexity index is 230. The Morgan fingerprint density at radius 1 is 1.50 bits per heavy atom. The Kier molecular flexibility index (Phi) is 3.88. The van der Waals surface area contributed by atoms with Crippen LogP contribution in [0.1, 0.15) is 19.3 Å². The second-order valence-corrected chi connectivity index (χ2v) is 3.56. The van der Waals surface area contributed by atoms with Crippen molar-refractivity contribution in [2.75, 3.05) is 19.6 Å². The van der Waals surface area contributed by atoms with Crippen LogP contribution in [0.4, 0.5) is 0 Å². The third-order valence-electron chi connectivity index (χ3n) is 2.48. The molecule has 5 nitrogen and oxygen atoms in total. The van der Waals surface area contributed by atoms with Crippen molar-refractivity contribution < 1.29 is 14.7 Å². The van der Waals surface area contributed by atoms with Crippen LogP contribution in [-0.2, 0) is 9.59 Å². The fraction of sp³-hybridized carbons (Fsp3) is 0.778. The van der Waals surface area contributed by atoms with Crippen LogP contribution in [0.25, 0.3) is 0 Å². The van der Waals surface area contributed by atoms with Gasteiger partial charge in [0.1, 0.15) is 0 Å². The Morgan fingerprint density at radius 2 is 2.21 bits per heavy atom. The van der Waals surface area contributed by atoms with E-state index in [1.807, 2.05) is 0 Å². The van der Waals surface area contributed by atoms with Crippen LogP contribution in [0.2, 0.25) is 0 Å². The molecule has 5 heteroatoms. The first kappa shape index (κ1) is 11.0. The van der Waals surface area contributed by atoms with Gasteiger partial charge in [-0.1, -0.05) is 0 Å². The molecular formula is C9H16N2O3. The van der Waals surface area contributed by atoms with E-state index in [2.05, 4.69) is 0 Å². The number of likely N-dealkylation sites (tertiary alicyclic amines) is 1. The van der Waals surface area contributed by atoms with Crippen molar-refractivity contribution in [2.45, 2.75) is 19.3 Å². The number of hydrogen-bond donors (Lipinski definition) is 2. The summed E-state index contributed by atoms with van der Waals surface area (Å²) in [5.74, 6) is -1.16.